The molecule has 3 nitrogen and oxygen atoms in total. The molecule has 1 aromatic rings. The molecule has 1 aliphatic rings. The fraction of sp³-hybridized carbons (Fsp3) is 0.692. The second-order valence-electron chi connectivity index (χ2n) is 5.09. The molecular weight excluding hydrogens is 278 g/mol. The van der Waals surface area contributed by atoms with Gasteiger partial charge in [-0.25, -0.2) is 9.97 Å². The van der Waals surface area contributed by atoms with Crippen LogP contribution in [0.4, 0.5) is 5.82 Å². The first kappa shape index (κ1) is 12.8. The van der Waals surface area contributed by atoms with E-state index in [1.807, 2.05) is 0 Å². The zero-order chi connectivity index (χ0) is 12.4. The Balaban J connectivity index is 2.33. The Hall–Kier alpha value is -0.640. The summed E-state index contributed by atoms with van der Waals surface area (Å²) in [6.07, 6.45) is 3.48. The molecular formula is C13H20BrN3. The zero-order valence-corrected chi connectivity index (χ0v) is 12.3. The van der Waals surface area contributed by atoms with E-state index in [1.165, 1.54) is 18.5 Å². The van der Waals surface area contributed by atoms with Gasteiger partial charge in [0.15, 0.2) is 0 Å². The van der Waals surface area contributed by atoms with Gasteiger partial charge < -0.3 is 5.32 Å². The molecule has 94 valence electrons. The summed E-state index contributed by atoms with van der Waals surface area (Å²) in [4.78, 5) is 9.32. The van der Waals surface area contributed by atoms with Gasteiger partial charge in [-0.1, -0.05) is 13.8 Å². The average Bonchev–Trinajstić information content (AvgIpc) is 3.05. The van der Waals surface area contributed by atoms with Crippen LogP contribution in [0.25, 0.3) is 0 Å². The van der Waals surface area contributed by atoms with Crippen LogP contribution in [0.1, 0.15) is 51.0 Å². The SMILES string of the molecule is CCNc1nc(CC(C)C)nc(C2CC2)c1Br. The maximum atomic E-state index is 4.72. The topological polar surface area (TPSA) is 37.8 Å². The minimum absolute atomic E-state index is 0.595. The van der Waals surface area contributed by atoms with Crippen LogP contribution in [0.3, 0.4) is 0 Å². The zero-order valence-electron chi connectivity index (χ0n) is 10.8. The molecule has 0 amide bonds. The minimum Gasteiger partial charge on any atom is -0.369 e. The molecule has 1 aromatic heterocycles. The van der Waals surface area contributed by atoms with E-state index >= 15 is 0 Å². The van der Waals surface area contributed by atoms with Crippen LogP contribution in [0.5, 0.6) is 0 Å². The first-order valence-corrected chi connectivity index (χ1v) is 7.21. The Morgan fingerprint density at radius 3 is 2.59 bits per heavy atom. The van der Waals surface area contributed by atoms with Crippen molar-refractivity contribution in [1.82, 2.24) is 9.97 Å². The van der Waals surface area contributed by atoms with Crippen molar-refractivity contribution in [2.45, 2.75) is 46.0 Å². The molecule has 17 heavy (non-hydrogen) atoms. The number of anilines is 1. The molecule has 0 unspecified atom stereocenters. The van der Waals surface area contributed by atoms with Crippen LogP contribution >= 0.6 is 15.9 Å². The normalized spacial score (nSPS) is 15.4. The third kappa shape index (κ3) is 3.18. The van der Waals surface area contributed by atoms with Gasteiger partial charge in [0.25, 0.3) is 0 Å². The van der Waals surface area contributed by atoms with Crippen molar-refractivity contribution in [2.24, 2.45) is 5.92 Å². The number of hydrogen-bond acceptors (Lipinski definition) is 3. The molecule has 1 N–H and O–H groups in total. The highest BCUT2D eigenvalue weighted by Crippen LogP contribution is 2.43. The predicted molar refractivity (Wildman–Crippen MR) is 74.4 cm³/mol. The Bertz CT molecular complexity index is 400. The summed E-state index contributed by atoms with van der Waals surface area (Å²) in [7, 11) is 0. The number of nitrogens with zero attached hydrogens (tertiary/aromatic N) is 2. The lowest BCUT2D eigenvalue weighted by Gasteiger charge is -2.12. The standard InChI is InChI=1S/C13H20BrN3/c1-4-15-13-11(14)12(9-5-6-9)16-10(17-13)7-8(2)3/h8-9H,4-7H2,1-3H3,(H,15,16,17). The fourth-order valence-corrected chi connectivity index (χ4v) is 2.52. The number of nitrogens with one attached hydrogen (secondary N) is 1. The van der Waals surface area contributed by atoms with Gasteiger partial charge in [-0.3, -0.25) is 0 Å². The maximum Gasteiger partial charge on any atom is 0.144 e. The number of hydrogen-bond donors (Lipinski definition) is 1. The van der Waals surface area contributed by atoms with E-state index in [-0.39, 0.29) is 0 Å². The molecule has 1 saturated carbocycles. The van der Waals surface area contributed by atoms with E-state index in [0.29, 0.717) is 11.8 Å². The summed E-state index contributed by atoms with van der Waals surface area (Å²) in [6, 6.07) is 0. The number of rotatable bonds is 5. The summed E-state index contributed by atoms with van der Waals surface area (Å²) in [5.41, 5.74) is 1.20. The summed E-state index contributed by atoms with van der Waals surface area (Å²) < 4.78 is 1.06. The quantitative estimate of drug-likeness (QED) is 0.899. The monoisotopic (exact) mass is 297 g/mol. The first-order chi connectivity index (χ1) is 8.11. The summed E-state index contributed by atoms with van der Waals surface area (Å²) in [5, 5.41) is 3.31. The highest BCUT2D eigenvalue weighted by Gasteiger charge is 2.29. The lowest BCUT2D eigenvalue weighted by molar-refractivity contribution is 0.617. The molecule has 0 spiro atoms. The Kier molecular flexibility index (Phi) is 4.02. The molecule has 4 heteroatoms. The van der Waals surface area contributed by atoms with Crippen LogP contribution in [0, 0.1) is 5.92 Å². The molecule has 2 rings (SSSR count). The molecule has 0 aromatic carbocycles. The van der Waals surface area contributed by atoms with Gasteiger partial charge in [0, 0.05) is 18.9 Å². The van der Waals surface area contributed by atoms with Gasteiger partial charge in [-0.05, 0) is 41.6 Å². The lowest BCUT2D eigenvalue weighted by atomic mass is 10.1. The van der Waals surface area contributed by atoms with Gasteiger partial charge >= 0.3 is 0 Å². The molecule has 0 radical (unpaired) electrons. The van der Waals surface area contributed by atoms with Crippen molar-refractivity contribution in [3.05, 3.63) is 16.0 Å². The van der Waals surface area contributed by atoms with Gasteiger partial charge in [0.05, 0.1) is 10.2 Å². The van der Waals surface area contributed by atoms with E-state index in [0.717, 1.165) is 29.1 Å². The van der Waals surface area contributed by atoms with E-state index in [4.69, 9.17) is 4.98 Å². The molecule has 1 fully saturated rings. The molecule has 0 bridgehead atoms. The second-order valence-corrected chi connectivity index (χ2v) is 5.88. The lowest BCUT2D eigenvalue weighted by Crippen LogP contribution is -2.09. The van der Waals surface area contributed by atoms with Crippen LogP contribution in [-0.2, 0) is 6.42 Å². The average molecular weight is 298 g/mol. The van der Waals surface area contributed by atoms with Crippen molar-refractivity contribution in [3.8, 4) is 0 Å². The summed E-state index contributed by atoms with van der Waals surface area (Å²) in [5.74, 6) is 3.18. The third-order valence-corrected chi connectivity index (χ3v) is 3.60. The first-order valence-electron chi connectivity index (χ1n) is 6.42. The predicted octanol–water partition coefficient (Wildman–Crippen LogP) is 3.75. The van der Waals surface area contributed by atoms with E-state index in [1.54, 1.807) is 0 Å². The van der Waals surface area contributed by atoms with Gasteiger partial charge in [-0.2, -0.15) is 0 Å². The Morgan fingerprint density at radius 1 is 1.35 bits per heavy atom. The highest BCUT2D eigenvalue weighted by atomic mass is 79.9. The van der Waals surface area contributed by atoms with Gasteiger partial charge in [-0.15, -0.1) is 0 Å². The smallest absolute Gasteiger partial charge is 0.144 e. The van der Waals surface area contributed by atoms with Crippen LogP contribution in [0.15, 0.2) is 4.47 Å². The van der Waals surface area contributed by atoms with Gasteiger partial charge in [0.1, 0.15) is 11.6 Å². The summed E-state index contributed by atoms with van der Waals surface area (Å²) >= 11 is 3.64. The largest absolute Gasteiger partial charge is 0.369 e. The van der Waals surface area contributed by atoms with Crippen LogP contribution in [0.2, 0.25) is 0 Å². The Morgan fingerprint density at radius 2 is 2.06 bits per heavy atom. The molecule has 0 saturated heterocycles. The minimum atomic E-state index is 0.595. The molecule has 1 aliphatic carbocycles. The highest BCUT2D eigenvalue weighted by molar-refractivity contribution is 9.10. The van der Waals surface area contributed by atoms with Crippen molar-refractivity contribution in [3.63, 3.8) is 0 Å². The third-order valence-electron chi connectivity index (χ3n) is 2.82. The molecule has 0 aliphatic heterocycles. The summed E-state index contributed by atoms with van der Waals surface area (Å²) in [6.45, 7) is 7.39. The van der Waals surface area contributed by atoms with Crippen LogP contribution in [-0.4, -0.2) is 16.5 Å². The maximum absolute atomic E-state index is 4.72. The van der Waals surface area contributed by atoms with Crippen LogP contribution < -0.4 is 5.32 Å². The van der Waals surface area contributed by atoms with E-state index in [2.05, 4.69) is 47.0 Å². The van der Waals surface area contributed by atoms with E-state index < -0.39 is 0 Å². The number of halogens is 1. The Labute approximate surface area is 112 Å². The number of aromatic nitrogens is 2. The second kappa shape index (κ2) is 5.34. The molecule has 1 heterocycles. The van der Waals surface area contributed by atoms with Crippen molar-refractivity contribution < 1.29 is 0 Å². The fourth-order valence-electron chi connectivity index (χ4n) is 1.88. The molecule has 0 atom stereocenters. The van der Waals surface area contributed by atoms with Crippen molar-refractivity contribution in [1.29, 1.82) is 0 Å². The van der Waals surface area contributed by atoms with E-state index in [9.17, 15) is 0 Å². The van der Waals surface area contributed by atoms with Gasteiger partial charge in [0.2, 0.25) is 0 Å². The van der Waals surface area contributed by atoms with Crippen molar-refractivity contribution in [2.75, 3.05) is 11.9 Å². The van der Waals surface area contributed by atoms with Crippen molar-refractivity contribution >= 4 is 21.7 Å².